The van der Waals surface area contributed by atoms with E-state index in [4.69, 9.17) is 0 Å². The van der Waals surface area contributed by atoms with Crippen molar-refractivity contribution in [2.75, 3.05) is 14.1 Å². The van der Waals surface area contributed by atoms with Gasteiger partial charge in [0, 0.05) is 20.5 Å². The van der Waals surface area contributed by atoms with Crippen molar-refractivity contribution in [2.45, 2.75) is 25.8 Å². The molecule has 0 spiro atoms. The number of nitrogens with zero attached hydrogens (tertiary/aromatic N) is 1. The molecule has 1 aromatic rings. The Bertz CT molecular complexity index is 481. The SMILES string of the molecule is CNC(=O)[C@@H]1CCC(=O)N(C)[C@@H]1c1ccc(C)cc1. The van der Waals surface area contributed by atoms with Crippen molar-refractivity contribution >= 4 is 11.8 Å². The van der Waals surface area contributed by atoms with Crippen LogP contribution in [-0.4, -0.2) is 30.8 Å². The van der Waals surface area contributed by atoms with Crippen LogP contribution in [0, 0.1) is 12.8 Å². The number of amides is 2. The summed E-state index contributed by atoms with van der Waals surface area (Å²) in [5.74, 6) is -0.0638. The highest BCUT2D eigenvalue weighted by molar-refractivity contribution is 5.84. The third-order valence-electron chi connectivity index (χ3n) is 3.86. The van der Waals surface area contributed by atoms with E-state index in [0.717, 1.165) is 5.56 Å². The molecule has 0 unspecified atom stereocenters. The van der Waals surface area contributed by atoms with Gasteiger partial charge in [-0.25, -0.2) is 0 Å². The summed E-state index contributed by atoms with van der Waals surface area (Å²) in [7, 11) is 3.42. The Morgan fingerprint density at radius 1 is 1.32 bits per heavy atom. The van der Waals surface area contributed by atoms with Gasteiger partial charge in [0.15, 0.2) is 0 Å². The number of nitrogens with one attached hydrogen (secondary N) is 1. The fraction of sp³-hybridized carbons (Fsp3) is 0.467. The maximum atomic E-state index is 12.0. The van der Waals surface area contributed by atoms with Crippen LogP contribution >= 0.6 is 0 Å². The Labute approximate surface area is 113 Å². The van der Waals surface area contributed by atoms with Gasteiger partial charge in [-0.2, -0.15) is 0 Å². The Morgan fingerprint density at radius 3 is 2.53 bits per heavy atom. The third kappa shape index (κ3) is 2.62. The first-order chi connectivity index (χ1) is 9.04. The number of piperidine rings is 1. The summed E-state index contributed by atoms with van der Waals surface area (Å²) in [6, 6.07) is 7.88. The molecular formula is C15H20N2O2. The van der Waals surface area contributed by atoms with Gasteiger partial charge in [0.05, 0.1) is 12.0 Å². The molecule has 0 aromatic heterocycles. The van der Waals surface area contributed by atoms with E-state index in [1.807, 2.05) is 31.2 Å². The molecule has 102 valence electrons. The Balaban J connectivity index is 2.36. The highest BCUT2D eigenvalue weighted by atomic mass is 16.2. The topological polar surface area (TPSA) is 49.4 Å². The van der Waals surface area contributed by atoms with Crippen LogP contribution in [-0.2, 0) is 9.59 Å². The zero-order valence-corrected chi connectivity index (χ0v) is 11.6. The van der Waals surface area contributed by atoms with E-state index in [9.17, 15) is 9.59 Å². The number of carbonyl (C=O) groups is 2. The van der Waals surface area contributed by atoms with Crippen molar-refractivity contribution in [3.8, 4) is 0 Å². The van der Waals surface area contributed by atoms with E-state index < -0.39 is 0 Å². The molecular weight excluding hydrogens is 240 g/mol. The van der Waals surface area contributed by atoms with E-state index in [1.165, 1.54) is 5.56 Å². The highest BCUT2D eigenvalue weighted by Crippen LogP contribution is 2.35. The molecule has 0 bridgehead atoms. The molecule has 1 aromatic carbocycles. The Morgan fingerprint density at radius 2 is 1.95 bits per heavy atom. The minimum Gasteiger partial charge on any atom is -0.359 e. The summed E-state index contributed by atoms with van der Waals surface area (Å²) in [4.78, 5) is 25.6. The highest BCUT2D eigenvalue weighted by Gasteiger charge is 2.38. The molecule has 0 radical (unpaired) electrons. The first-order valence-corrected chi connectivity index (χ1v) is 6.58. The van der Waals surface area contributed by atoms with Crippen molar-refractivity contribution in [1.29, 1.82) is 0 Å². The van der Waals surface area contributed by atoms with E-state index in [0.29, 0.717) is 12.8 Å². The standard InChI is InChI=1S/C15H20N2O2/c1-10-4-6-11(7-5-10)14-12(15(19)16-2)8-9-13(18)17(14)3/h4-7,12,14H,8-9H2,1-3H3,(H,16,19)/t12-,14-/m1/s1. The monoisotopic (exact) mass is 260 g/mol. The van der Waals surface area contributed by atoms with E-state index in [1.54, 1.807) is 19.0 Å². The Hall–Kier alpha value is -1.84. The summed E-state index contributed by atoms with van der Waals surface area (Å²) >= 11 is 0. The second-order valence-electron chi connectivity index (χ2n) is 5.12. The van der Waals surface area contributed by atoms with Crippen LogP contribution in [0.25, 0.3) is 0 Å². The predicted octanol–water partition coefficient (Wildman–Crippen LogP) is 1.65. The predicted molar refractivity (Wildman–Crippen MR) is 73.5 cm³/mol. The average Bonchev–Trinajstić information content (AvgIpc) is 2.42. The summed E-state index contributed by atoms with van der Waals surface area (Å²) < 4.78 is 0. The normalized spacial score (nSPS) is 23.3. The maximum Gasteiger partial charge on any atom is 0.225 e. The summed E-state index contributed by atoms with van der Waals surface area (Å²) in [5.41, 5.74) is 2.19. The zero-order chi connectivity index (χ0) is 14.0. The first-order valence-electron chi connectivity index (χ1n) is 6.58. The largest absolute Gasteiger partial charge is 0.359 e. The van der Waals surface area contributed by atoms with E-state index in [2.05, 4.69) is 5.32 Å². The molecule has 1 N–H and O–H groups in total. The molecule has 2 atom stereocenters. The fourth-order valence-electron chi connectivity index (χ4n) is 2.72. The average molecular weight is 260 g/mol. The quantitative estimate of drug-likeness (QED) is 0.879. The van der Waals surface area contributed by atoms with Crippen LogP contribution in [0.1, 0.15) is 30.0 Å². The lowest BCUT2D eigenvalue weighted by molar-refractivity contribution is -0.141. The summed E-state index contributed by atoms with van der Waals surface area (Å²) in [6.45, 7) is 2.02. The van der Waals surface area contributed by atoms with Crippen LogP contribution < -0.4 is 5.32 Å². The van der Waals surface area contributed by atoms with E-state index >= 15 is 0 Å². The number of aryl methyl sites for hydroxylation is 1. The minimum absolute atomic E-state index is 0.00456. The molecule has 4 nitrogen and oxygen atoms in total. The molecule has 0 saturated carbocycles. The molecule has 4 heteroatoms. The number of carbonyl (C=O) groups excluding carboxylic acids is 2. The molecule has 0 aliphatic carbocycles. The molecule has 1 aliphatic rings. The molecule has 2 amide bonds. The summed E-state index contributed by atoms with van der Waals surface area (Å²) in [5, 5.41) is 2.70. The summed E-state index contributed by atoms with van der Waals surface area (Å²) in [6.07, 6.45) is 1.05. The van der Waals surface area contributed by atoms with Gasteiger partial charge in [0.2, 0.25) is 11.8 Å². The lowest BCUT2D eigenvalue weighted by Crippen LogP contribution is -2.45. The van der Waals surface area contributed by atoms with Gasteiger partial charge in [0.1, 0.15) is 0 Å². The minimum atomic E-state index is -0.171. The number of rotatable bonds is 2. The first kappa shape index (κ1) is 13.6. The van der Waals surface area contributed by atoms with Gasteiger partial charge in [-0.15, -0.1) is 0 Å². The van der Waals surface area contributed by atoms with Gasteiger partial charge in [-0.3, -0.25) is 9.59 Å². The molecule has 2 rings (SSSR count). The van der Waals surface area contributed by atoms with Crippen LogP contribution in [0.2, 0.25) is 0 Å². The van der Waals surface area contributed by atoms with Crippen LogP contribution in [0.5, 0.6) is 0 Å². The third-order valence-corrected chi connectivity index (χ3v) is 3.86. The maximum absolute atomic E-state index is 12.0. The van der Waals surface area contributed by atoms with Crippen LogP contribution in [0.4, 0.5) is 0 Å². The molecule has 1 saturated heterocycles. The molecule has 1 fully saturated rings. The van der Waals surface area contributed by atoms with Gasteiger partial charge >= 0.3 is 0 Å². The van der Waals surface area contributed by atoms with Crippen molar-refractivity contribution in [1.82, 2.24) is 10.2 Å². The second-order valence-corrected chi connectivity index (χ2v) is 5.12. The second kappa shape index (κ2) is 5.43. The van der Waals surface area contributed by atoms with Crippen molar-refractivity contribution in [2.24, 2.45) is 5.92 Å². The molecule has 1 aliphatic heterocycles. The van der Waals surface area contributed by atoms with Crippen molar-refractivity contribution < 1.29 is 9.59 Å². The number of likely N-dealkylation sites (tertiary alicyclic amines) is 1. The van der Waals surface area contributed by atoms with Crippen molar-refractivity contribution in [3.63, 3.8) is 0 Å². The Kier molecular flexibility index (Phi) is 3.88. The van der Waals surface area contributed by atoms with Gasteiger partial charge in [-0.05, 0) is 18.9 Å². The van der Waals surface area contributed by atoms with Gasteiger partial charge < -0.3 is 10.2 Å². The molecule has 1 heterocycles. The zero-order valence-electron chi connectivity index (χ0n) is 11.6. The lowest BCUT2D eigenvalue weighted by Gasteiger charge is -2.38. The van der Waals surface area contributed by atoms with Crippen LogP contribution in [0.3, 0.4) is 0 Å². The number of hydrogen-bond acceptors (Lipinski definition) is 2. The smallest absolute Gasteiger partial charge is 0.225 e. The van der Waals surface area contributed by atoms with Crippen LogP contribution in [0.15, 0.2) is 24.3 Å². The number of hydrogen-bond donors (Lipinski definition) is 1. The van der Waals surface area contributed by atoms with Gasteiger partial charge in [0.25, 0.3) is 0 Å². The van der Waals surface area contributed by atoms with Crippen molar-refractivity contribution in [3.05, 3.63) is 35.4 Å². The lowest BCUT2D eigenvalue weighted by atomic mass is 9.84. The molecule has 19 heavy (non-hydrogen) atoms. The van der Waals surface area contributed by atoms with Gasteiger partial charge in [-0.1, -0.05) is 29.8 Å². The van der Waals surface area contributed by atoms with E-state index in [-0.39, 0.29) is 23.8 Å². The fourth-order valence-corrected chi connectivity index (χ4v) is 2.72. The number of benzene rings is 1.